The summed E-state index contributed by atoms with van der Waals surface area (Å²) < 4.78 is 0. The number of likely N-dealkylation sites (N-methyl/N-ethyl adjacent to an activating group) is 1. The summed E-state index contributed by atoms with van der Waals surface area (Å²) in [5, 5.41) is 0. The lowest BCUT2D eigenvalue weighted by molar-refractivity contribution is -0.128. The van der Waals surface area contributed by atoms with Crippen molar-refractivity contribution < 1.29 is 4.79 Å². The zero-order valence-electron chi connectivity index (χ0n) is 7.33. The monoisotopic (exact) mass is 176 g/mol. The number of hydrogen-bond acceptors (Lipinski definition) is 3. The van der Waals surface area contributed by atoms with Gasteiger partial charge in [-0.1, -0.05) is 0 Å². The molecule has 0 aliphatic carbocycles. The molecule has 0 saturated heterocycles. The van der Waals surface area contributed by atoms with Gasteiger partial charge < -0.3 is 10.6 Å². The lowest BCUT2D eigenvalue weighted by Crippen LogP contribution is -2.40. The molecule has 0 heterocycles. The Morgan fingerprint density at radius 3 is 2.64 bits per heavy atom. The van der Waals surface area contributed by atoms with E-state index in [4.69, 9.17) is 5.73 Å². The number of thioether (sulfide) groups is 1. The normalized spacial score (nSPS) is 12.7. The Hall–Kier alpha value is -0.220. The quantitative estimate of drug-likeness (QED) is 0.663. The predicted octanol–water partition coefficient (Wildman–Crippen LogP) is 0.155. The number of rotatable bonds is 4. The third-order valence-electron chi connectivity index (χ3n) is 1.66. The van der Waals surface area contributed by atoms with Crippen LogP contribution < -0.4 is 5.73 Å². The number of carbonyl (C=O) groups is 1. The van der Waals surface area contributed by atoms with Gasteiger partial charge in [0.05, 0.1) is 5.75 Å². The standard InChI is InChI=1S/C7H16N2OS/c1-6(4-8)9(2)7(10)5-11-3/h6H,4-5,8H2,1-3H3. The average molecular weight is 176 g/mol. The highest BCUT2D eigenvalue weighted by Gasteiger charge is 2.12. The molecule has 0 aliphatic rings. The van der Waals surface area contributed by atoms with Gasteiger partial charge >= 0.3 is 0 Å². The second-order valence-electron chi connectivity index (χ2n) is 2.52. The molecule has 1 unspecified atom stereocenters. The first kappa shape index (κ1) is 10.8. The highest BCUT2D eigenvalue weighted by atomic mass is 32.2. The van der Waals surface area contributed by atoms with Gasteiger partial charge in [-0.2, -0.15) is 11.8 Å². The maximum atomic E-state index is 11.2. The minimum absolute atomic E-state index is 0.148. The van der Waals surface area contributed by atoms with E-state index in [2.05, 4.69) is 0 Å². The van der Waals surface area contributed by atoms with Gasteiger partial charge in [-0.3, -0.25) is 4.79 Å². The molecule has 0 bridgehead atoms. The molecule has 0 saturated carbocycles. The topological polar surface area (TPSA) is 46.3 Å². The van der Waals surface area contributed by atoms with Crippen molar-refractivity contribution in [3.05, 3.63) is 0 Å². The third kappa shape index (κ3) is 3.62. The molecule has 0 spiro atoms. The molecule has 0 aliphatic heterocycles. The van der Waals surface area contributed by atoms with Crippen molar-refractivity contribution in [3.8, 4) is 0 Å². The van der Waals surface area contributed by atoms with Crippen LogP contribution in [0.25, 0.3) is 0 Å². The Bertz CT molecular complexity index is 130. The first-order chi connectivity index (χ1) is 5.13. The molecule has 1 atom stereocenters. The number of nitrogens with zero attached hydrogens (tertiary/aromatic N) is 1. The van der Waals surface area contributed by atoms with E-state index in [-0.39, 0.29) is 11.9 Å². The fourth-order valence-corrected chi connectivity index (χ4v) is 1.08. The van der Waals surface area contributed by atoms with Gasteiger partial charge in [0.1, 0.15) is 0 Å². The summed E-state index contributed by atoms with van der Waals surface area (Å²) in [4.78, 5) is 12.9. The zero-order chi connectivity index (χ0) is 8.85. The van der Waals surface area contributed by atoms with E-state index in [0.29, 0.717) is 12.3 Å². The Labute approximate surface area is 72.3 Å². The summed E-state index contributed by atoms with van der Waals surface area (Å²) in [6.07, 6.45) is 1.92. The highest BCUT2D eigenvalue weighted by molar-refractivity contribution is 7.99. The van der Waals surface area contributed by atoms with E-state index in [0.717, 1.165) is 0 Å². The van der Waals surface area contributed by atoms with Crippen LogP contribution in [0.3, 0.4) is 0 Å². The van der Waals surface area contributed by atoms with Gasteiger partial charge in [0.15, 0.2) is 0 Å². The van der Waals surface area contributed by atoms with E-state index in [1.807, 2.05) is 13.2 Å². The lowest BCUT2D eigenvalue weighted by Gasteiger charge is -2.23. The van der Waals surface area contributed by atoms with Crippen molar-refractivity contribution in [2.75, 3.05) is 25.6 Å². The van der Waals surface area contributed by atoms with Gasteiger partial charge in [-0.25, -0.2) is 0 Å². The Kier molecular flexibility index (Phi) is 5.32. The Morgan fingerprint density at radius 1 is 1.73 bits per heavy atom. The summed E-state index contributed by atoms with van der Waals surface area (Å²) in [5.74, 6) is 0.691. The molecule has 2 N–H and O–H groups in total. The number of carbonyl (C=O) groups excluding carboxylic acids is 1. The van der Waals surface area contributed by atoms with Crippen LogP contribution in [-0.2, 0) is 4.79 Å². The third-order valence-corrected chi connectivity index (χ3v) is 2.20. The molecule has 0 aromatic carbocycles. The molecule has 0 fully saturated rings. The summed E-state index contributed by atoms with van der Waals surface area (Å²) in [6, 6.07) is 0.148. The molecular formula is C7H16N2OS. The minimum Gasteiger partial charge on any atom is -0.341 e. The molecule has 3 nitrogen and oxygen atoms in total. The maximum absolute atomic E-state index is 11.2. The van der Waals surface area contributed by atoms with Crippen LogP contribution in [0.15, 0.2) is 0 Å². The van der Waals surface area contributed by atoms with Crippen LogP contribution >= 0.6 is 11.8 Å². The van der Waals surface area contributed by atoms with Crippen LogP contribution in [-0.4, -0.2) is 42.4 Å². The summed E-state index contributed by atoms with van der Waals surface area (Å²) in [5.41, 5.74) is 5.41. The van der Waals surface area contributed by atoms with Crippen LogP contribution in [0.4, 0.5) is 0 Å². The first-order valence-electron chi connectivity index (χ1n) is 3.58. The van der Waals surface area contributed by atoms with Crippen LogP contribution in [0.2, 0.25) is 0 Å². The van der Waals surface area contributed by atoms with E-state index >= 15 is 0 Å². The summed E-state index contributed by atoms with van der Waals surface area (Å²) in [7, 11) is 1.79. The fourth-order valence-electron chi connectivity index (χ4n) is 0.629. The van der Waals surface area contributed by atoms with E-state index in [1.54, 1.807) is 11.9 Å². The maximum Gasteiger partial charge on any atom is 0.232 e. The van der Waals surface area contributed by atoms with Crippen molar-refractivity contribution in [2.45, 2.75) is 13.0 Å². The SMILES string of the molecule is CSCC(=O)N(C)C(C)CN. The molecular weight excluding hydrogens is 160 g/mol. The first-order valence-corrected chi connectivity index (χ1v) is 4.97. The van der Waals surface area contributed by atoms with Crippen LogP contribution in [0.1, 0.15) is 6.92 Å². The van der Waals surface area contributed by atoms with Gasteiger partial charge in [0.2, 0.25) is 5.91 Å². The number of amides is 1. The summed E-state index contributed by atoms with van der Waals surface area (Å²) in [6.45, 7) is 2.47. The predicted molar refractivity (Wildman–Crippen MR) is 49.7 cm³/mol. The average Bonchev–Trinajstić information content (AvgIpc) is 2.02. The van der Waals surface area contributed by atoms with Crippen molar-refractivity contribution in [3.63, 3.8) is 0 Å². The zero-order valence-corrected chi connectivity index (χ0v) is 8.15. The molecule has 0 rings (SSSR count). The van der Waals surface area contributed by atoms with E-state index in [1.165, 1.54) is 11.8 Å². The number of nitrogens with two attached hydrogens (primary N) is 1. The second kappa shape index (κ2) is 5.43. The summed E-state index contributed by atoms with van der Waals surface area (Å²) >= 11 is 1.53. The van der Waals surface area contributed by atoms with Crippen molar-refractivity contribution in [1.29, 1.82) is 0 Å². The molecule has 11 heavy (non-hydrogen) atoms. The smallest absolute Gasteiger partial charge is 0.232 e. The molecule has 1 amide bonds. The van der Waals surface area contributed by atoms with Gasteiger partial charge in [-0.05, 0) is 13.2 Å². The van der Waals surface area contributed by atoms with Gasteiger partial charge in [-0.15, -0.1) is 0 Å². The highest BCUT2D eigenvalue weighted by Crippen LogP contribution is 1.99. The van der Waals surface area contributed by atoms with E-state index < -0.39 is 0 Å². The molecule has 0 aromatic heterocycles. The van der Waals surface area contributed by atoms with Crippen molar-refractivity contribution in [1.82, 2.24) is 4.90 Å². The van der Waals surface area contributed by atoms with Crippen molar-refractivity contribution in [2.24, 2.45) is 5.73 Å². The largest absolute Gasteiger partial charge is 0.341 e. The van der Waals surface area contributed by atoms with Gasteiger partial charge in [0, 0.05) is 19.6 Å². The second-order valence-corrected chi connectivity index (χ2v) is 3.39. The molecule has 66 valence electrons. The lowest BCUT2D eigenvalue weighted by atomic mass is 10.3. The number of hydrogen-bond donors (Lipinski definition) is 1. The minimum atomic E-state index is 0.148. The Morgan fingerprint density at radius 2 is 2.27 bits per heavy atom. The van der Waals surface area contributed by atoms with Crippen molar-refractivity contribution >= 4 is 17.7 Å². The molecule has 0 aromatic rings. The van der Waals surface area contributed by atoms with Crippen LogP contribution in [0, 0.1) is 0 Å². The van der Waals surface area contributed by atoms with Crippen LogP contribution in [0.5, 0.6) is 0 Å². The van der Waals surface area contributed by atoms with Gasteiger partial charge in [0.25, 0.3) is 0 Å². The fraction of sp³-hybridized carbons (Fsp3) is 0.857. The molecule has 0 radical (unpaired) electrons. The molecule has 4 heteroatoms. The Balaban J connectivity index is 3.80. The van der Waals surface area contributed by atoms with E-state index in [9.17, 15) is 4.79 Å².